The SMILES string of the molecule is CC(C)CC(C)c1sccc1NC(=O)c1cn(C(C)C)nc1C(F)(F)F. The van der Waals surface area contributed by atoms with Crippen LogP contribution in [0, 0.1) is 5.92 Å². The molecule has 0 radical (unpaired) electrons. The van der Waals surface area contributed by atoms with Crippen LogP contribution in [0.25, 0.3) is 0 Å². The average molecular weight is 387 g/mol. The van der Waals surface area contributed by atoms with Gasteiger partial charge in [0.25, 0.3) is 5.91 Å². The van der Waals surface area contributed by atoms with E-state index in [0.29, 0.717) is 11.6 Å². The third kappa shape index (κ3) is 4.66. The van der Waals surface area contributed by atoms with E-state index in [1.54, 1.807) is 19.9 Å². The van der Waals surface area contributed by atoms with Crippen molar-refractivity contribution in [2.24, 2.45) is 5.92 Å². The molecule has 2 aromatic rings. The Balaban J connectivity index is 2.30. The van der Waals surface area contributed by atoms with Crippen LogP contribution in [0.15, 0.2) is 17.6 Å². The number of aromatic nitrogens is 2. The normalized spacial score (nSPS) is 13.5. The van der Waals surface area contributed by atoms with Crippen LogP contribution in [0.4, 0.5) is 18.9 Å². The molecule has 0 fully saturated rings. The highest BCUT2D eigenvalue weighted by atomic mass is 32.1. The van der Waals surface area contributed by atoms with Crippen LogP contribution in [-0.2, 0) is 6.18 Å². The topological polar surface area (TPSA) is 46.9 Å². The van der Waals surface area contributed by atoms with E-state index in [1.807, 2.05) is 5.38 Å². The van der Waals surface area contributed by atoms with Gasteiger partial charge in [0.05, 0.1) is 11.3 Å². The van der Waals surface area contributed by atoms with Gasteiger partial charge >= 0.3 is 6.18 Å². The summed E-state index contributed by atoms with van der Waals surface area (Å²) >= 11 is 1.50. The lowest BCUT2D eigenvalue weighted by molar-refractivity contribution is -0.141. The molecule has 0 bridgehead atoms. The van der Waals surface area contributed by atoms with Crippen molar-refractivity contribution in [2.75, 3.05) is 5.32 Å². The van der Waals surface area contributed by atoms with Gasteiger partial charge in [-0.3, -0.25) is 9.48 Å². The fraction of sp³-hybridized carbons (Fsp3) is 0.556. The van der Waals surface area contributed by atoms with E-state index in [1.165, 1.54) is 11.3 Å². The second-order valence-corrected chi connectivity index (χ2v) is 8.09. The third-order valence-corrected chi connectivity index (χ3v) is 5.14. The predicted octanol–water partition coefficient (Wildman–Crippen LogP) is 5.95. The first-order valence-corrected chi connectivity index (χ1v) is 9.43. The molecule has 2 rings (SSSR count). The molecule has 4 nitrogen and oxygen atoms in total. The summed E-state index contributed by atoms with van der Waals surface area (Å²) in [6, 6.07) is 1.45. The Morgan fingerprint density at radius 3 is 2.46 bits per heavy atom. The van der Waals surface area contributed by atoms with Crippen LogP contribution in [-0.4, -0.2) is 15.7 Å². The van der Waals surface area contributed by atoms with Gasteiger partial charge in [-0.05, 0) is 43.6 Å². The number of nitrogens with zero attached hydrogens (tertiary/aromatic N) is 2. The smallest absolute Gasteiger partial charge is 0.321 e. The Hall–Kier alpha value is -1.83. The van der Waals surface area contributed by atoms with E-state index in [4.69, 9.17) is 0 Å². The molecule has 1 amide bonds. The van der Waals surface area contributed by atoms with Crippen LogP contribution >= 0.6 is 11.3 Å². The van der Waals surface area contributed by atoms with Crippen LogP contribution < -0.4 is 5.32 Å². The molecule has 0 spiro atoms. The van der Waals surface area contributed by atoms with Crippen molar-refractivity contribution in [3.05, 3.63) is 33.8 Å². The Morgan fingerprint density at radius 2 is 1.92 bits per heavy atom. The molecule has 0 saturated heterocycles. The van der Waals surface area contributed by atoms with Crippen molar-refractivity contribution in [3.63, 3.8) is 0 Å². The number of thiophene rings is 1. The van der Waals surface area contributed by atoms with Gasteiger partial charge in [-0.25, -0.2) is 0 Å². The zero-order valence-electron chi connectivity index (χ0n) is 15.5. The van der Waals surface area contributed by atoms with Gasteiger partial charge in [-0.15, -0.1) is 11.3 Å². The third-order valence-electron chi connectivity index (χ3n) is 3.99. The lowest BCUT2D eigenvalue weighted by atomic mass is 9.97. The monoisotopic (exact) mass is 387 g/mol. The quantitative estimate of drug-likeness (QED) is 0.666. The molecule has 2 heterocycles. The molecular formula is C18H24F3N3OS. The summed E-state index contributed by atoms with van der Waals surface area (Å²) in [5.41, 5.74) is -1.05. The van der Waals surface area contributed by atoms with Crippen LogP contribution in [0.5, 0.6) is 0 Å². The number of halogens is 3. The molecule has 0 saturated carbocycles. The number of rotatable bonds is 6. The van der Waals surface area contributed by atoms with Crippen molar-refractivity contribution < 1.29 is 18.0 Å². The summed E-state index contributed by atoms with van der Waals surface area (Å²) in [6.07, 6.45) is -2.59. The van der Waals surface area contributed by atoms with Crippen LogP contribution in [0.3, 0.4) is 0 Å². The van der Waals surface area contributed by atoms with Crippen LogP contribution in [0.1, 0.15) is 73.9 Å². The molecule has 26 heavy (non-hydrogen) atoms. The highest BCUT2D eigenvalue weighted by molar-refractivity contribution is 7.10. The maximum Gasteiger partial charge on any atom is 0.435 e. The zero-order chi connectivity index (χ0) is 19.6. The Bertz CT molecular complexity index is 762. The highest BCUT2D eigenvalue weighted by Gasteiger charge is 2.39. The molecule has 0 aliphatic rings. The minimum Gasteiger partial charge on any atom is -0.321 e. The van der Waals surface area contributed by atoms with Gasteiger partial charge in [0.15, 0.2) is 5.69 Å². The van der Waals surface area contributed by atoms with Crippen molar-refractivity contribution in [1.29, 1.82) is 0 Å². The summed E-state index contributed by atoms with van der Waals surface area (Å²) in [5.74, 6) is -0.0943. The number of carbonyl (C=O) groups is 1. The fourth-order valence-electron chi connectivity index (χ4n) is 2.84. The number of nitrogens with one attached hydrogen (secondary N) is 1. The zero-order valence-corrected chi connectivity index (χ0v) is 16.3. The van der Waals surface area contributed by atoms with E-state index in [2.05, 4.69) is 31.2 Å². The van der Waals surface area contributed by atoms with Gasteiger partial charge < -0.3 is 5.32 Å². The van der Waals surface area contributed by atoms with Gasteiger partial charge in [-0.1, -0.05) is 20.8 Å². The number of hydrogen-bond acceptors (Lipinski definition) is 3. The molecule has 2 aromatic heterocycles. The lowest BCUT2D eigenvalue weighted by Gasteiger charge is -2.15. The predicted molar refractivity (Wildman–Crippen MR) is 97.8 cm³/mol. The molecule has 1 unspecified atom stereocenters. The van der Waals surface area contributed by atoms with Crippen molar-refractivity contribution in [1.82, 2.24) is 9.78 Å². The van der Waals surface area contributed by atoms with E-state index in [-0.39, 0.29) is 12.0 Å². The summed E-state index contributed by atoms with van der Waals surface area (Å²) in [4.78, 5) is 13.5. The van der Waals surface area contributed by atoms with Crippen molar-refractivity contribution in [2.45, 2.75) is 59.2 Å². The molecule has 1 atom stereocenters. The molecular weight excluding hydrogens is 363 g/mol. The number of anilines is 1. The minimum absolute atomic E-state index is 0.214. The molecule has 0 aliphatic carbocycles. The second kappa shape index (κ2) is 7.82. The lowest BCUT2D eigenvalue weighted by Crippen LogP contribution is -2.18. The first-order valence-electron chi connectivity index (χ1n) is 8.55. The number of amides is 1. The molecule has 0 aromatic carbocycles. The number of alkyl halides is 3. The second-order valence-electron chi connectivity index (χ2n) is 7.15. The standard InChI is InChI=1S/C18H24F3N3OS/c1-10(2)8-12(5)15-14(6-7-26-15)22-17(25)13-9-24(11(3)4)23-16(13)18(19,20)21/h6-7,9-12H,8H2,1-5H3,(H,22,25). The van der Waals surface area contributed by atoms with Gasteiger partial charge in [0.1, 0.15) is 0 Å². The molecule has 1 N–H and O–H groups in total. The fourth-order valence-corrected chi connectivity index (χ4v) is 3.77. The van der Waals surface area contributed by atoms with Crippen molar-refractivity contribution in [3.8, 4) is 0 Å². The molecule has 8 heteroatoms. The van der Waals surface area contributed by atoms with E-state index >= 15 is 0 Å². The summed E-state index contributed by atoms with van der Waals surface area (Å²) in [6.45, 7) is 9.69. The van der Waals surface area contributed by atoms with E-state index in [9.17, 15) is 18.0 Å². The first-order chi connectivity index (χ1) is 12.0. The molecule has 0 aliphatic heterocycles. The summed E-state index contributed by atoms with van der Waals surface area (Å²) in [7, 11) is 0. The molecule has 144 valence electrons. The van der Waals surface area contributed by atoms with Crippen molar-refractivity contribution >= 4 is 22.9 Å². The van der Waals surface area contributed by atoms with Gasteiger partial charge in [-0.2, -0.15) is 18.3 Å². The minimum atomic E-state index is -4.69. The summed E-state index contributed by atoms with van der Waals surface area (Å²) < 4.78 is 40.9. The summed E-state index contributed by atoms with van der Waals surface area (Å²) in [5, 5.41) is 8.04. The van der Waals surface area contributed by atoms with Crippen LogP contribution in [0.2, 0.25) is 0 Å². The number of carbonyl (C=O) groups excluding carboxylic acids is 1. The first kappa shape index (κ1) is 20.5. The largest absolute Gasteiger partial charge is 0.435 e. The van der Waals surface area contributed by atoms with E-state index in [0.717, 1.165) is 22.2 Å². The highest BCUT2D eigenvalue weighted by Crippen LogP contribution is 2.35. The maximum atomic E-state index is 13.3. The number of hydrogen-bond donors (Lipinski definition) is 1. The van der Waals surface area contributed by atoms with Gasteiger partial charge in [0.2, 0.25) is 0 Å². The van der Waals surface area contributed by atoms with E-state index < -0.39 is 23.3 Å². The average Bonchev–Trinajstić information content (AvgIpc) is 3.12. The Morgan fingerprint density at radius 1 is 1.27 bits per heavy atom. The Kier molecular flexibility index (Phi) is 6.16. The van der Waals surface area contributed by atoms with Gasteiger partial charge in [0, 0.05) is 17.1 Å². The maximum absolute atomic E-state index is 13.3. The Labute approximate surface area is 155 Å².